The van der Waals surface area contributed by atoms with Gasteiger partial charge in [0.05, 0.1) is 6.61 Å². The Morgan fingerprint density at radius 2 is 1.53 bits per heavy atom. The third-order valence-electron chi connectivity index (χ3n) is 5.62. The molecule has 1 aromatic carbocycles. The zero-order valence-corrected chi connectivity index (χ0v) is 19.5. The van der Waals surface area contributed by atoms with E-state index in [0.717, 1.165) is 36.2 Å². The van der Waals surface area contributed by atoms with E-state index >= 15 is 0 Å². The number of nitrogens with one attached hydrogen (secondary N) is 1. The van der Waals surface area contributed by atoms with E-state index in [9.17, 15) is 9.59 Å². The first-order valence-electron chi connectivity index (χ1n) is 11.7. The van der Waals surface area contributed by atoms with Gasteiger partial charge in [-0.3, -0.25) is 9.59 Å². The fourth-order valence-corrected chi connectivity index (χ4v) is 3.51. The number of ether oxygens (including phenoxy) is 1. The van der Waals surface area contributed by atoms with Crippen molar-refractivity contribution in [2.45, 2.75) is 92.0 Å². The molecule has 30 heavy (non-hydrogen) atoms. The first-order valence-corrected chi connectivity index (χ1v) is 11.7. The molecule has 0 heterocycles. The lowest BCUT2D eigenvalue weighted by atomic mass is 9.93. The molecule has 2 unspecified atom stereocenters. The highest BCUT2D eigenvalue weighted by atomic mass is 16.5. The van der Waals surface area contributed by atoms with Gasteiger partial charge in [-0.1, -0.05) is 78.4 Å². The zero-order chi connectivity index (χ0) is 22.2. The van der Waals surface area contributed by atoms with Crippen LogP contribution in [0.4, 0.5) is 0 Å². The third-order valence-corrected chi connectivity index (χ3v) is 5.62. The summed E-state index contributed by atoms with van der Waals surface area (Å²) in [6.07, 6.45) is 11.2. The van der Waals surface area contributed by atoms with E-state index in [1.54, 1.807) is 6.29 Å². The molecular weight excluding hydrogens is 374 g/mol. The molecule has 2 atom stereocenters. The number of rotatable bonds is 17. The summed E-state index contributed by atoms with van der Waals surface area (Å²) < 4.78 is 5.88. The molecule has 4 nitrogen and oxygen atoms in total. The van der Waals surface area contributed by atoms with Gasteiger partial charge in [0.15, 0.2) is 6.29 Å². The second-order valence-corrected chi connectivity index (χ2v) is 9.17. The van der Waals surface area contributed by atoms with Crippen LogP contribution < -0.4 is 10.1 Å². The predicted octanol–water partition coefficient (Wildman–Crippen LogP) is 6.23. The lowest BCUT2D eigenvalue weighted by Gasteiger charge is -2.15. The molecule has 1 radical (unpaired) electrons. The molecule has 0 aromatic heterocycles. The van der Waals surface area contributed by atoms with Gasteiger partial charge in [0, 0.05) is 19.4 Å². The van der Waals surface area contributed by atoms with Gasteiger partial charge in [-0.25, -0.2) is 0 Å². The van der Waals surface area contributed by atoms with Crippen LogP contribution >= 0.6 is 0 Å². The first kappa shape index (κ1) is 26.2. The molecule has 0 spiro atoms. The number of amides is 1. The topological polar surface area (TPSA) is 55.4 Å². The minimum absolute atomic E-state index is 0.127. The summed E-state index contributed by atoms with van der Waals surface area (Å²) in [4.78, 5) is 21.7. The highest BCUT2D eigenvalue weighted by Crippen LogP contribution is 2.21. The summed E-state index contributed by atoms with van der Waals surface area (Å²) in [6, 6.07) is 7.82. The molecule has 1 rings (SSSR count). The molecule has 0 aliphatic carbocycles. The van der Waals surface area contributed by atoms with Crippen molar-refractivity contribution in [2.75, 3.05) is 6.61 Å². The Bertz CT molecular complexity index is 582. The standard InChI is InChI=1S/C26H42NO3/c1-21(2)8-5-9-22(3)10-6-11-23(4)17-19-30-25-15-13-24(14-16-25)20-27-26(29)12-7-18-28/h13-16,21-23H,5-12,17,19-20H2,1-4H3,(H,27,29). The average molecular weight is 417 g/mol. The average Bonchev–Trinajstić information content (AvgIpc) is 2.71. The fourth-order valence-electron chi connectivity index (χ4n) is 3.51. The Hall–Kier alpha value is -1.84. The summed E-state index contributed by atoms with van der Waals surface area (Å²) >= 11 is 0. The van der Waals surface area contributed by atoms with Gasteiger partial charge >= 0.3 is 0 Å². The van der Waals surface area contributed by atoms with Gasteiger partial charge in [0.25, 0.3) is 0 Å². The van der Waals surface area contributed by atoms with Gasteiger partial charge in [-0.05, 0) is 41.9 Å². The lowest BCUT2D eigenvalue weighted by Crippen LogP contribution is -2.22. The lowest BCUT2D eigenvalue weighted by molar-refractivity contribution is -0.121. The van der Waals surface area contributed by atoms with E-state index in [1.807, 2.05) is 24.3 Å². The van der Waals surface area contributed by atoms with Crippen LogP contribution in [-0.2, 0) is 16.1 Å². The van der Waals surface area contributed by atoms with Gasteiger partial charge < -0.3 is 10.1 Å². The molecule has 1 aromatic rings. The molecule has 0 saturated heterocycles. The fraction of sp³-hybridized carbons (Fsp3) is 0.692. The molecule has 1 amide bonds. The van der Waals surface area contributed by atoms with E-state index in [-0.39, 0.29) is 18.7 Å². The molecule has 0 saturated carbocycles. The maximum absolute atomic E-state index is 11.5. The second kappa shape index (κ2) is 15.9. The predicted molar refractivity (Wildman–Crippen MR) is 124 cm³/mol. The number of carbonyl (C=O) groups excluding carboxylic acids is 2. The highest BCUT2D eigenvalue weighted by Gasteiger charge is 2.07. The molecule has 4 heteroatoms. The molecule has 0 bridgehead atoms. The maximum atomic E-state index is 11.5. The minimum atomic E-state index is -0.127. The van der Waals surface area contributed by atoms with Crippen molar-refractivity contribution in [1.82, 2.24) is 5.32 Å². The summed E-state index contributed by atoms with van der Waals surface area (Å²) in [5, 5.41) is 2.80. The monoisotopic (exact) mass is 416 g/mol. The molecule has 0 fully saturated rings. The Labute approximate surface area is 184 Å². The summed E-state index contributed by atoms with van der Waals surface area (Å²) in [5.74, 6) is 3.10. The Kier molecular flexibility index (Phi) is 13.9. The van der Waals surface area contributed by atoms with Crippen molar-refractivity contribution in [1.29, 1.82) is 0 Å². The molecular formula is C26H42NO3. The maximum Gasteiger partial charge on any atom is 0.220 e. The van der Waals surface area contributed by atoms with Crippen molar-refractivity contribution >= 4 is 12.2 Å². The van der Waals surface area contributed by atoms with E-state index in [2.05, 4.69) is 33.0 Å². The summed E-state index contributed by atoms with van der Waals surface area (Å²) in [7, 11) is 0. The van der Waals surface area contributed by atoms with Crippen molar-refractivity contribution in [3.63, 3.8) is 0 Å². The number of carbonyl (C=O) groups is 1. The minimum Gasteiger partial charge on any atom is -0.494 e. The van der Waals surface area contributed by atoms with Crippen molar-refractivity contribution in [3.05, 3.63) is 29.8 Å². The van der Waals surface area contributed by atoms with Crippen LogP contribution in [0.1, 0.15) is 91.0 Å². The van der Waals surface area contributed by atoms with Crippen LogP contribution in [0.2, 0.25) is 0 Å². The van der Waals surface area contributed by atoms with Crippen LogP contribution in [0.25, 0.3) is 0 Å². The number of hydrogen-bond acceptors (Lipinski definition) is 3. The molecule has 1 N–H and O–H groups in total. The van der Waals surface area contributed by atoms with Crippen LogP contribution in [0.3, 0.4) is 0 Å². The van der Waals surface area contributed by atoms with Crippen LogP contribution in [0.5, 0.6) is 5.75 Å². The molecule has 169 valence electrons. The molecule has 0 aliphatic rings. The van der Waals surface area contributed by atoms with Gasteiger partial charge in [-0.2, -0.15) is 0 Å². The van der Waals surface area contributed by atoms with Crippen LogP contribution in [0.15, 0.2) is 24.3 Å². The smallest absolute Gasteiger partial charge is 0.220 e. The van der Waals surface area contributed by atoms with Crippen LogP contribution in [-0.4, -0.2) is 18.8 Å². The quantitative estimate of drug-likeness (QED) is 0.327. The number of benzene rings is 1. The highest BCUT2D eigenvalue weighted by molar-refractivity contribution is 5.78. The second-order valence-electron chi connectivity index (χ2n) is 9.17. The van der Waals surface area contributed by atoms with Gasteiger partial charge in [0.1, 0.15) is 5.75 Å². The summed E-state index contributed by atoms with van der Waals surface area (Å²) in [6.45, 7) is 10.5. The molecule has 0 aliphatic heterocycles. The van der Waals surface area contributed by atoms with Crippen molar-refractivity contribution in [3.8, 4) is 5.75 Å². The normalized spacial score (nSPS) is 13.1. The first-order chi connectivity index (χ1) is 14.4. The van der Waals surface area contributed by atoms with E-state index in [1.165, 1.54) is 38.5 Å². The van der Waals surface area contributed by atoms with E-state index in [4.69, 9.17) is 4.74 Å². The number of hydrogen-bond donors (Lipinski definition) is 1. The Morgan fingerprint density at radius 3 is 2.13 bits per heavy atom. The van der Waals surface area contributed by atoms with E-state index in [0.29, 0.717) is 12.5 Å². The SMILES string of the molecule is CC(C)CCCC(C)CCCC(C)CCOc1ccc(CNC(=O)CC[C]=O)cc1. The van der Waals surface area contributed by atoms with Crippen molar-refractivity contribution in [2.24, 2.45) is 17.8 Å². The zero-order valence-electron chi connectivity index (χ0n) is 19.5. The third kappa shape index (κ3) is 13.4. The van der Waals surface area contributed by atoms with Crippen LogP contribution in [0, 0.1) is 17.8 Å². The Balaban J connectivity index is 2.13. The van der Waals surface area contributed by atoms with Gasteiger partial charge in [0.2, 0.25) is 5.91 Å². The Morgan fingerprint density at radius 1 is 0.933 bits per heavy atom. The van der Waals surface area contributed by atoms with Gasteiger partial charge in [-0.15, -0.1) is 0 Å². The summed E-state index contributed by atoms with van der Waals surface area (Å²) in [5.41, 5.74) is 1.02. The van der Waals surface area contributed by atoms with Crippen molar-refractivity contribution < 1.29 is 14.3 Å². The van der Waals surface area contributed by atoms with E-state index < -0.39 is 0 Å². The largest absolute Gasteiger partial charge is 0.494 e.